The highest BCUT2D eigenvalue weighted by molar-refractivity contribution is 6.21. The lowest BCUT2D eigenvalue weighted by Crippen LogP contribution is -1.95. The van der Waals surface area contributed by atoms with E-state index < -0.39 is 0 Å². The number of hydrogen-bond acceptors (Lipinski definition) is 3. The van der Waals surface area contributed by atoms with Gasteiger partial charge in [0, 0.05) is 11.1 Å². The number of hydrogen-bond donors (Lipinski definition) is 0. The molecule has 2 aromatic rings. The first-order valence-corrected chi connectivity index (χ1v) is 5.20. The van der Waals surface area contributed by atoms with Crippen molar-refractivity contribution < 1.29 is 14.3 Å². The largest absolute Gasteiger partial charge is 0.429 e. The molecule has 17 heavy (non-hydrogen) atoms. The lowest BCUT2D eigenvalue weighted by molar-refractivity contribution is -0.120. The molecule has 1 aliphatic carbocycles. The van der Waals surface area contributed by atoms with Crippen molar-refractivity contribution in [2.75, 3.05) is 0 Å². The molecule has 3 heteroatoms. The van der Waals surface area contributed by atoms with Gasteiger partial charge >= 0.3 is 0 Å². The smallest absolute Gasteiger partial charge is 0.298 e. The van der Waals surface area contributed by atoms with Crippen LogP contribution in [0.2, 0.25) is 0 Å². The van der Waals surface area contributed by atoms with Crippen LogP contribution in [0.5, 0.6) is 5.75 Å². The van der Waals surface area contributed by atoms with Crippen molar-refractivity contribution in [1.82, 2.24) is 0 Å². The Morgan fingerprint density at radius 1 is 0.882 bits per heavy atom. The summed E-state index contributed by atoms with van der Waals surface area (Å²) in [5.74, 6) is 0.469. The Balaban J connectivity index is 2.23. The van der Waals surface area contributed by atoms with Crippen LogP contribution < -0.4 is 4.74 Å². The lowest BCUT2D eigenvalue weighted by atomic mass is 10.1. The number of ketones is 1. The van der Waals surface area contributed by atoms with Gasteiger partial charge in [-0.15, -0.1) is 0 Å². The van der Waals surface area contributed by atoms with Crippen molar-refractivity contribution in [3.8, 4) is 16.9 Å². The van der Waals surface area contributed by atoms with E-state index in [2.05, 4.69) is 0 Å². The fraction of sp³-hybridized carbons (Fsp3) is 0. The van der Waals surface area contributed by atoms with Gasteiger partial charge in [-0.25, -0.2) is 0 Å². The van der Waals surface area contributed by atoms with Gasteiger partial charge in [0.15, 0.2) is 5.78 Å². The quantitative estimate of drug-likeness (QED) is 0.628. The van der Waals surface area contributed by atoms with Crippen LogP contribution in [-0.2, 0) is 4.79 Å². The molecule has 0 N–H and O–H groups in total. The van der Waals surface area contributed by atoms with Gasteiger partial charge in [-0.1, -0.05) is 24.3 Å². The SMILES string of the molecule is O=COc1ccc2c(c1)-c1ccccc1C2=O. The number of benzene rings is 2. The third kappa shape index (κ3) is 1.36. The Kier molecular flexibility index (Phi) is 2.05. The second-order valence-corrected chi connectivity index (χ2v) is 3.80. The average Bonchev–Trinajstić information content (AvgIpc) is 2.65. The molecule has 0 saturated heterocycles. The summed E-state index contributed by atoms with van der Waals surface area (Å²) in [6.07, 6.45) is 0. The fourth-order valence-electron chi connectivity index (χ4n) is 2.13. The van der Waals surface area contributed by atoms with Gasteiger partial charge in [0.25, 0.3) is 6.47 Å². The number of ether oxygens (including phenoxy) is 1. The molecule has 0 radical (unpaired) electrons. The maximum Gasteiger partial charge on any atom is 0.298 e. The minimum atomic E-state index is 0.0215. The summed E-state index contributed by atoms with van der Waals surface area (Å²) >= 11 is 0. The summed E-state index contributed by atoms with van der Waals surface area (Å²) in [7, 11) is 0. The molecule has 3 rings (SSSR count). The van der Waals surface area contributed by atoms with E-state index in [1.807, 2.05) is 18.2 Å². The Hall–Kier alpha value is -2.42. The van der Waals surface area contributed by atoms with Crippen LogP contribution in [0.3, 0.4) is 0 Å². The molecule has 82 valence electrons. The molecule has 0 spiro atoms. The minimum Gasteiger partial charge on any atom is -0.429 e. The summed E-state index contributed by atoms with van der Waals surface area (Å²) in [6.45, 7) is 0.379. The molecule has 0 aliphatic heterocycles. The maximum atomic E-state index is 12.0. The van der Waals surface area contributed by atoms with Crippen molar-refractivity contribution in [1.29, 1.82) is 0 Å². The summed E-state index contributed by atoms with van der Waals surface area (Å²) < 4.78 is 4.79. The van der Waals surface area contributed by atoms with Gasteiger partial charge in [0.2, 0.25) is 0 Å². The molecule has 0 heterocycles. The minimum absolute atomic E-state index is 0.0215. The Morgan fingerprint density at radius 2 is 1.59 bits per heavy atom. The van der Waals surface area contributed by atoms with Gasteiger partial charge in [-0.05, 0) is 29.3 Å². The van der Waals surface area contributed by atoms with Crippen molar-refractivity contribution in [3.63, 3.8) is 0 Å². The first-order chi connectivity index (χ1) is 8.31. The lowest BCUT2D eigenvalue weighted by Gasteiger charge is -2.02. The van der Waals surface area contributed by atoms with Gasteiger partial charge in [0.05, 0.1) is 0 Å². The normalized spacial score (nSPS) is 11.9. The zero-order chi connectivity index (χ0) is 11.8. The van der Waals surface area contributed by atoms with Crippen molar-refractivity contribution >= 4 is 12.3 Å². The van der Waals surface area contributed by atoms with E-state index in [1.165, 1.54) is 0 Å². The van der Waals surface area contributed by atoms with Gasteiger partial charge < -0.3 is 4.74 Å². The van der Waals surface area contributed by atoms with E-state index >= 15 is 0 Å². The molecule has 0 bridgehead atoms. The number of rotatable bonds is 2. The summed E-state index contributed by atoms with van der Waals surface area (Å²) in [5.41, 5.74) is 3.07. The third-order valence-corrected chi connectivity index (χ3v) is 2.88. The monoisotopic (exact) mass is 224 g/mol. The van der Waals surface area contributed by atoms with Gasteiger partial charge in [0.1, 0.15) is 5.75 Å². The van der Waals surface area contributed by atoms with Crippen LogP contribution in [0.1, 0.15) is 15.9 Å². The number of carbonyl (C=O) groups is 2. The van der Waals surface area contributed by atoms with Crippen LogP contribution >= 0.6 is 0 Å². The molecule has 0 aromatic heterocycles. The van der Waals surface area contributed by atoms with E-state index in [0.717, 1.165) is 11.1 Å². The van der Waals surface area contributed by atoms with E-state index in [0.29, 0.717) is 23.3 Å². The molecule has 0 saturated carbocycles. The number of fused-ring (bicyclic) bond motifs is 3. The maximum absolute atomic E-state index is 12.0. The molecular weight excluding hydrogens is 216 g/mol. The molecule has 0 unspecified atom stereocenters. The molecule has 3 nitrogen and oxygen atoms in total. The van der Waals surface area contributed by atoms with Crippen LogP contribution in [-0.4, -0.2) is 12.3 Å². The van der Waals surface area contributed by atoms with E-state index in [-0.39, 0.29) is 5.78 Å². The van der Waals surface area contributed by atoms with Crippen molar-refractivity contribution in [2.45, 2.75) is 0 Å². The average molecular weight is 224 g/mol. The first kappa shape index (κ1) is 9.78. The van der Waals surface area contributed by atoms with Crippen molar-refractivity contribution in [2.24, 2.45) is 0 Å². The molecule has 0 fully saturated rings. The van der Waals surface area contributed by atoms with Gasteiger partial charge in [-0.3, -0.25) is 9.59 Å². The van der Waals surface area contributed by atoms with Crippen LogP contribution in [0.25, 0.3) is 11.1 Å². The topological polar surface area (TPSA) is 43.4 Å². The van der Waals surface area contributed by atoms with E-state index in [1.54, 1.807) is 24.3 Å². The molecule has 0 amide bonds. The van der Waals surface area contributed by atoms with E-state index in [9.17, 15) is 9.59 Å². The highest BCUT2D eigenvalue weighted by Crippen LogP contribution is 2.38. The second-order valence-electron chi connectivity index (χ2n) is 3.80. The predicted octanol–water partition coefficient (Wildman–Crippen LogP) is 2.43. The number of carbonyl (C=O) groups excluding carboxylic acids is 2. The molecular formula is C14H8O3. The van der Waals surface area contributed by atoms with Gasteiger partial charge in [-0.2, -0.15) is 0 Å². The van der Waals surface area contributed by atoms with Crippen molar-refractivity contribution in [3.05, 3.63) is 53.6 Å². The second kappa shape index (κ2) is 3.56. The van der Waals surface area contributed by atoms with Crippen LogP contribution in [0.4, 0.5) is 0 Å². The summed E-state index contributed by atoms with van der Waals surface area (Å²) in [5, 5.41) is 0. The zero-order valence-electron chi connectivity index (χ0n) is 8.84. The van der Waals surface area contributed by atoms with E-state index in [4.69, 9.17) is 4.74 Å². The standard InChI is InChI=1S/C14H8O3/c15-8-17-9-5-6-12-13(7-9)10-3-1-2-4-11(10)14(12)16/h1-8H. The zero-order valence-corrected chi connectivity index (χ0v) is 8.84. The van der Waals surface area contributed by atoms with Crippen LogP contribution in [0.15, 0.2) is 42.5 Å². The van der Waals surface area contributed by atoms with Crippen LogP contribution in [0, 0.1) is 0 Å². The first-order valence-electron chi connectivity index (χ1n) is 5.20. The predicted molar refractivity (Wildman–Crippen MR) is 62.0 cm³/mol. The molecule has 0 atom stereocenters. The summed E-state index contributed by atoms with van der Waals surface area (Å²) in [6, 6.07) is 12.4. The highest BCUT2D eigenvalue weighted by Gasteiger charge is 2.26. The fourth-order valence-corrected chi connectivity index (χ4v) is 2.13. The summed E-state index contributed by atoms with van der Waals surface area (Å²) in [4.78, 5) is 22.3. The Morgan fingerprint density at radius 3 is 2.35 bits per heavy atom. The Labute approximate surface area is 97.6 Å². The molecule has 2 aromatic carbocycles. The highest BCUT2D eigenvalue weighted by atomic mass is 16.5. The third-order valence-electron chi connectivity index (χ3n) is 2.88. The molecule has 1 aliphatic rings. The Bertz CT molecular complexity index is 629.